The monoisotopic (exact) mass is 274 g/mol. The molecule has 1 heterocycles. The molecule has 20 heavy (non-hydrogen) atoms. The summed E-state index contributed by atoms with van der Waals surface area (Å²) in [5.74, 6) is 2.06. The van der Waals surface area contributed by atoms with Gasteiger partial charge in [-0.15, -0.1) is 0 Å². The molecule has 3 nitrogen and oxygen atoms in total. The second-order valence-electron chi connectivity index (χ2n) is 6.03. The van der Waals surface area contributed by atoms with E-state index in [1.165, 1.54) is 12.0 Å². The van der Waals surface area contributed by atoms with Gasteiger partial charge in [-0.05, 0) is 36.3 Å². The maximum Gasteiger partial charge on any atom is 0.213 e. The molecule has 0 spiro atoms. The Morgan fingerprint density at radius 3 is 2.90 bits per heavy atom. The predicted molar refractivity (Wildman–Crippen MR) is 82.7 cm³/mol. The van der Waals surface area contributed by atoms with E-state index in [4.69, 9.17) is 4.74 Å². The fraction of sp³-hybridized carbons (Fsp3) is 0.588. The van der Waals surface area contributed by atoms with Crippen molar-refractivity contribution >= 4 is 0 Å². The van der Waals surface area contributed by atoms with Crippen LogP contribution in [0.1, 0.15) is 39.2 Å². The first-order valence-electron chi connectivity index (χ1n) is 7.61. The fourth-order valence-corrected chi connectivity index (χ4v) is 2.39. The van der Waals surface area contributed by atoms with Gasteiger partial charge in [-0.25, -0.2) is 4.98 Å². The lowest BCUT2D eigenvalue weighted by molar-refractivity contribution is 0.192. The third-order valence-corrected chi connectivity index (χ3v) is 3.88. The van der Waals surface area contributed by atoms with Gasteiger partial charge in [0, 0.05) is 24.8 Å². The molecule has 2 atom stereocenters. The van der Waals surface area contributed by atoms with Gasteiger partial charge in [0.15, 0.2) is 0 Å². The molecule has 1 N–H and O–H groups in total. The SMILES string of the molecule is CC(C)NCc1ccnc(OCC2CC=CCC2C)c1. The minimum absolute atomic E-state index is 0.488. The topological polar surface area (TPSA) is 34.2 Å². The first kappa shape index (κ1) is 15.0. The van der Waals surface area contributed by atoms with Crippen LogP contribution in [0.3, 0.4) is 0 Å². The van der Waals surface area contributed by atoms with Gasteiger partial charge in [0.25, 0.3) is 0 Å². The molecule has 110 valence electrons. The average Bonchev–Trinajstić information content (AvgIpc) is 2.45. The molecule has 0 bridgehead atoms. The zero-order valence-electron chi connectivity index (χ0n) is 12.8. The number of ether oxygens (including phenoxy) is 1. The number of nitrogens with one attached hydrogen (secondary N) is 1. The van der Waals surface area contributed by atoms with E-state index in [0.717, 1.165) is 25.5 Å². The molecule has 1 aromatic heterocycles. The Balaban J connectivity index is 1.86. The molecular formula is C17H26N2O. The number of aromatic nitrogens is 1. The van der Waals surface area contributed by atoms with Crippen LogP contribution in [-0.4, -0.2) is 17.6 Å². The minimum Gasteiger partial charge on any atom is -0.477 e. The molecule has 1 aliphatic carbocycles. The number of hydrogen-bond acceptors (Lipinski definition) is 3. The van der Waals surface area contributed by atoms with E-state index in [1.807, 2.05) is 18.3 Å². The smallest absolute Gasteiger partial charge is 0.213 e. The van der Waals surface area contributed by atoms with Gasteiger partial charge in [0.2, 0.25) is 5.88 Å². The summed E-state index contributed by atoms with van der Waals surface area (Å²) in [4.78, 5) is 4.31. The van der Waals surface area contributed by atoms with Crippen LogP contribution in [0, 0.1) is 11.8 Å². The quantitative estimate of drug-likeness (QED) is 0.805. The van der Waals surface area contributed by atoms with Crippen molar-refractivity contribution in [3.8, 4) is 5.88 Å². The highest BCUT2D eigenvalue weighted by molar-refractivity contribution is 5.20. The maximum absolute atomic E-state index is 5.89. The van der Waals surface area contributed by atoms with Crippen molar-refractivity contribution in [1.82, 2.24) is 10.3 Å². The molecule has 2 rings (SSSR count). The first-order valence-corrected chi connectivity index (χ1v) is 7.61. The van der Waals surface area contributed by atoms with Crippen molar-refractivity contribution in [2.75, 3.05) is 6.61 Å². The number of nitrogens with zero attached hydrogens (tertiary/aromatic N) is 1. The average molecular weight is 274 g/mol. The summed E-state index contributed by atoms with van der Waals surface area (Å²) < 4.78 is 5.89. The van der Waals surface area contributed by atoms with E-state index < -0.39 is 0 Å². The Morgan fingerprint density at radius 2 is 2.15 bits per heavy atom. The molecule has 0 fully saturated rings. The molecule has 0 amide bonds. The molecule has 1 aliphatic rings. The molecular weight excluding hydrogens is 248 g/mol. The third-order valence-electron chi connectivity index (χ3n) is 3.88. The maximum atomic E-state index is 5.89. The largest absolute Gasteiger partial charge is 0.477 e. The van der Waals surface area contributed by atoms with Gasteiger partial charge in [0.1, 0.15) is 0 Å². The predicted octanol–water partition coefficient (Wildman–Crippen LogP) is 3.56. The molecule has 0 radical (unpaired) electrons. The fourth-order valence-electron chi connectivity index (χ4n) is 2.39. The van der Waals surface area contributed by atoms with Crippen molar-refractivity contribution in [2.45, 2.75) is 46.2 Å². The standard InChI is InChI=1S/C17H26N2O/c1-13(2)19-11-15-8-9-18-17(10-15)20-12-16-7-5-4-6-14(16)3/h4-5,8-10,13-14,16,19H,6-7,11-12H2,1-3H3. The zero-order chi connectivity index (χ0) is 14.4. The highest BCUT2D eigenvalue weighted by Gasteiger charge is 2.19. The summed E-state index contributed by atoms with van der Waals surface area (Å²) in [5.41, 5.74) is 1.22. The van der Waals surface area contributed by atoms with Crippen LogP contribution in [0.4, 0.5) is 0 Å². The Morgan fingerprint density at radius 1 is 1.35 bits per heavy atom. The van der Waals surface area contributed by atoms with Crippen molar-refractivity contribution in [3.05, 3.63) is 36.0 Å². The van der Waals surface area contributed by atoms with Gasteiger partial charge in [-0.1, -0.05) is 32.9 Å². The molecule has 0 saturated heterocycles. The van der Waals surface area contributed by atoms with Crippen LogP contribution < -0.4 is 10.1 Å². The number of rotatable bonds is 6. The summed E-state index contributed by atoms with van der Waals surface area (Å²) in [7, 11) is 0. The van der Waals surface area contributed by atoms with Gasteiger partial charge in [-0.3, -0.25) is 0 Å². The summed E-state index contributed by atoms with van der Waals surface area (Å²) in [6, 6.07) is 4.56. The lowest BCUT2D eigenvalue weighted by Crippen LogP contribution is -2.22. The Bertz CT molecular complexity index is 442. The van der Waals surface area contributed by atoms with E-state index >= 15 is 0 Å². The van der Waals surface area contributed by atoms with Crippen molar-refractivity contribution < 1.29 is 4.74 Å². The van der Waals surface area contributed by atoms with Gasteiger partial charge in [-0.2, -0.15) is 0 Å². The zero-order valence-corrected chi connectivity index (χ0v) is 12.8. The van der Waals surface area contributed by atoms with Crippen molar-refractivity contribution in [2.24, 2.45) is 11.8 Å². The van der Waals surface area contributed by atoms with Crippen molar-refractivity contribution in [1.29, 1.82) is 0 Å². The van der Waals surface area contributed by atoms with Gasteiger partial charge >= 0.3 is 0 Å². The minimum atomic E-state index is 0.488. The number of allylic oxidation sites excluding steroid dienone is 2. The molecule has 1 aromatic rings. The summed E-state index contributed by atoms with van der Waals surface area (Å²) in [5, 5.41) is 3.41. The van der Waals surface area contributed by atoms with Crippen LogP contribution in [0.5, 0.6) is 5.88 Å². The van der Waals surface area contributed by atoms with Crippen molar-refractivity contribution in [3.63, 3.8) is 0 Å². The van der Waals surface area contributed by atoms with E-state index in [0.29, 0.717) is 17.9 Å². The van der Waals surface area contributed by atoms with Gasteiger partial charge < -0.3 is 10.1 Å². The second kappa shape index (κ2) is 7.44. The first-order chi connectivity index (χ1) is 9.65. The second-order valence-corrected chi connectivity index (χ2v) is 6.03. The van der Waals surface area contributed by atoms with E-state index in [9.17, 15) is 0 Å². The van der Waals surface area contributed by atoms with Crippen LogP contribution >= 0.6 is 0 Å². The Hall–Kier alpha value is -1.35. The van der Waals surface area contributed by atoms with Crippen LogP contribution in [0.25, 0.3) is 0 Å². The molecule has 2 unspecified atom stereocenters. The summed E-state index contributed by atoms with van der Waals surface area (Å²) >= 11 is 0. The van der Waals surface area contributed by atoms with Gasteiger partial charge in [0.05, 0.1) is 6.61 Å². The molecule has 0 aromatic carbocycles. The highest BCUT2D eigenvalue weighted by Crippen LogP contribution is 2.25. The Kier molecular flexibility index (Phi) is 5.60. The lowest BCUT2D eigenvalue weighted by atomic mass is 9.85. The van der Waals surface area contributed by atoms with E-state index in [-0.39, 0.29) is 0 Å². The summed E-state index contributed by atoms with van der Waals surface area (Å²) in [6.45, 7) is 8.22. The van der Waals surface area contributed by atoms with Crippen LogP contribution in [0.2, 0.25) is 0 Å². The molecule has 0 aliphatic heterocycles. The van der Waals surface area contributed by atoms with Crippen LogP contribution in [-0.2, 0) is 6.54 Å². The number of pyridine rings is 1. The normalized spacial score (nSPS) is 22.2. The molecule has 3 heteroatoms. The van der Waals surface area contributed by atoms with Crippen LogP contribution in [0.15, 0.2) is 30.5 Å². The lowest BCUT2D eigenvalue weighted by Gasteiger charge is -2.24. The highest BCUT2D eigenvalue weighted by atomic mass is 16.5. The molecule has 0 saturated carbocycles. The third kappa shape index (κ3) is 4.64. The number of hydrogen-bond donors (Lipinski definition) is 1. The Labute approximate surface area is 122 Å². The van der Waals surface area contributed by atoms with E-state index in [2.05, 4.69) is 43.2 Å². The summed E-state index contributed by atoms with van der Waals surface area (Å²) in [6.07, 6.45) is 8.66. The van der Waals surface area contributed by atoms with E-state index in [1.54, 1.807) is 0 Å².